The molecule has 3 heteroatoms. The van der Waals surface area contributed by atoms with Gasteiger partial charge < -0.3 is 4.74 Å². The molecule has 1 aliphatic rings. The summed E-state index contributed by atoms with van der Waals surface area (Å²) in [5, 5.41) is 0. The zero-order valence-corrected chi connectivity index (χ0v) is 7.84. The van der Waals surface area contributed by atoms with E-state index in [0.29, 0.717) is 18.6 Å². The summed E-state index contributed by atoms with van der Waals surface area (Å²) in [5.74, 6) is 0.245. The Kier molecular flexibility index (Phi) is 3.68. The largest absolute Gasteiger partial charge is 0.413 e. The van der Waals surface area contributed by atoms with Crippen molar-refractivity contribution < 1.29 is 14.3 Å². The Labute approximate surface area is 77.8 Å². The van der Waals surface area contributed by atoms with Crippen LogP contribution in [0.15, 0.2) is 11.8 Å². The quantitative estimate of drug-likeness (QED) is 0.358. The van der Waals surface area contributed by atoms with E-state index in [0.717, 1.165) is 19.3 Å². The molecule has 0 aromatic heterocycles. The third-order valence-electron chi connectivity index (χ3n) is 1.94. The van der Waals surface area contributed by atoms with Gasteiger partial charge in [0.25, 0.3) is 0 Å². The van der Waals surface area contributed by atoms with Gasteiger partial charge in [0.1, 0.15) is 5.78 Å². The molecule has 0 unspecified atom stereocenters. The summed E-state index contributed by atoms with van der Waals surface area (Å²) in [6, 6.07) is 0. The second kappa shape index (κ2) is 4.80. The van der Waals surface area contributed by atoms with Gasteiger partial charge in [0.05, 0.1) is 0 Å². The number of carbonyl (C=O) groups is 2. The lowest BCUT2D eigenvalue weighted by Gasteiger charge is -1.94. The molecule has 0 radical (unpaired) electrons. The number of unbranched alkanes of at least 4 members (excludes halogenated alkanes) is 2. The highest BCUT2D eigenvalue weighted by molar-refractivity contribution is 6.01. The Morgan fingerprint density at radius 3 is 2.69 bits per heavy atom. The highest BCUT2D eigenvalue weighted by Crippen LogP contribution is 2.17. The molecule has 0 amide bonds. The highest BCUT2D eigenvalue weighted by atomic mass is 16.6. The van der Waals surface area contributed by atoms with Gasteiger partial charge in [-0.2, -0.15) is 0 Å². The standard InChI is InChI=1S/C10H14O3/c1-2-3-4-5-8(11)6-7-9-10(12)13-9/h7H,2-6H2,1H3. The fourth-order valence-electron chi connectivity index (χ4n) is 1.08. The number of carbonyl (C=O) groups excluding carboxylic acids is 2. The van der Waals surface area contributed by atoms with Crippen LogP contribution in [0, 0.1) is 0 Å². The lowest BCUT2D eigenvalue weighted by Crippen LogP contribution is -1.94. The number of hydrogen-bond donors (Lipinski definition) is 0. The molecular weight excluding hydrogens is 168 g/mol. The Balaban J connectivity index is 2.08. The Bertz CT molecular complexity index is 241. The summed E-state index contributed by atoms with van der Waals surface area (Å²) in [7, 11) is 0. The van der Waals surface area contributed by atoms with E-state index in [4.69, 9.17) is 0 Å². The van der Waals surface area contributed by atoms with Crippen LogP contribution in [0.5, 0.6) is 0 Å². The van der Waals surface area contributed by atoms with E-state index in [9.17, 15) is 9.59 Å². The first-order chi connectivity index (χ1) is 6.24. The van der Waals surface area contributed by atoms with Gasteiger partial charge in [0.2, 0.25) is 5.76 Å². The Morgan fingerprint density at radius 2 is 2.15 bits per heavy atom. The maximum Gasteiger partial charge on any atom is 0.379 e. The van der Waals surface area contributed by atoms with E-state index >= 15 is 0 Å². The predicted molar refractivity (Wildman–Crippen MR) is 47.9 cm³/mol. The summed E-state index contributed by atoms with van der Waals surface area (Å²) < 4.78 is 4.46. The van der Waals surface area contributed by atoms with E-state index in [1.807, 2.05) is 0 Å². The molecular formula is C10H14O3. The van der Waals surface area contributed by atoms with E-state index in [-0.39, 0.29) is 11.8 Å². The first-order valence-corrected chi connectivity index (χ1v) is 4.68. The second-order valence-electron chi connectivity index (χ2n) is 3.16. The molecule has 1 saturated heterocycles. The first kappa shape index (κ1) is 9.96. The molecule has 1 rings (SSSR count). The molecule has 13 heavy (non-hydrogen) atoms. The van der Waals surface area contributed by atoms with Crippen molar-refractivity contribution >= 4 is 11.8 Å². The molecule has 0 N–H and O–H groups in total. The second-order valence-corrected chi connectivity index (χ2v) is 3.16. The number of epoxide rings is 1. The van der Waals surface area contributed by atoms with Crippen LogP contribution in [0.4, 0.5) is 0 Å². The van der Waals surface area contributed by atoms with Gasteiger partial charge in [-0.05, 0) is 12.5 Å². The van der Waals surface area contributed by atoms with Crippen molar-refractivity contribution in [2.45, 2.75) is 39.0 Å². The lowest BCUT2D eigenvalue weighted by molar-refractivity contribution is -0.118. The van der Waals surface area contributed by atoms with Gasteiger partial charge >= 0.3 is 5.97 Å². The fourth-order valence-corrected chi connectivity index (χ4v) is 1.08. The van der Waals surface area contributed by atoms with Crippen molar-refractivity contribution in [2.24, 2.45) is 0 Å². The van der Waals surface area contributed by atoms with E-state index in [1.165, 1.54) is 0 Å². The predicted octanol–water partition coefficient (Wildman–Crippen LogP) is 1.97. The monoisotopic (exact) mass is 182 g/mol. The number of allylic oxidation sites excluding steroid dienone is 1. The molecule has 1 heterocycles. The van der Waals surface area contributed by atoms with Crippen LogP contribution < -0.4 is 0 Å². The SMILES string of the molecule is CCCCCC(=O)CC=C1OC1=O. The number of ether oxygens (including phenoxy) is 1. The van der Waals surface area contributed by atoms with Crippen LogP contribution >= 0.6 is 0 Å². The summed E-state index contributed by atoms with van der Waals surface area (Å²) in [5.41, 5.74) is 0. The highest BCUT2D eigenvalue weighted by Gasteiger charge is 2.29. The van der Waals surface area contributed by atoms with Crippen molar-refractivity contribution in [1.29, 1.82) is 0 Å². The van der Waals surface area contributed by atoms with Crippen molar-refractivity contribution in [2.75, 3.05) is 0 Å². The van der Waals surface area contributed by atoms with Crippen LogP contribution in [0.2, 0.25) is 0 Å². The number of ketones is 1. The lowest BCUT2D eigenvalue weighted by atomic mass is 10.1. The molecule has 1 fully saturated rings. The number of hydrogen-bond acceptors (Lipinski definition) is 3. The molecule has 0 saturated carbocycles. The molecule has 0 bridgehead atoms. The maximum absolute atomic E-state index is 11.1. The molecule has 0 spiro atoms. The minimum Gasteiger partial charge on any atom is -0.413 e. The zero-order valence-electron chi connectivity index (χ0n) is 7.84. The molecule has 0 aromatic rings. The van der Waals surface area contributed by atoms with Crippen molar-refractivity contribution in [3.63, 3.8) is 0 Å². The van der Waals surface area contributed by atoms with E-state index < -0.39 is 0 Å². The third-order valence-corrected chi connectivity index (χ3v) is 1.94. The summed E-state index contributed by atoms with van der Waals surface area (Å²) >= 11 is 0. The van der Waals surface area contributed by atoms with E-state index in [2.05, 4.69) is 11.7 Å². The molecule has 3 nitrogen and oxygen atoms in total. The normalized spacial score (nSPS) is 17.3. The minimum atomic E-state index is -0.290. The van der Waals surface area contributed by atoms with Crippen LogP contribution in [0.1, 0.15) is 39.0 Å². The van der Waals surface area contributed by atoms with Gasteiger partial charge in [0.15, 0.2) is 0 Å². The van der Waals surface area contributed by atoms with Gasteiger partial charge in [-0.25, -0.2) is 4.79 Å². The van der Waals surface area contributed by atoms with Crippen LogP contribution in [0.3, 0.4) is 0 Å². The summed E-state index contributed by atoms with van der Waals surface area (Å²) in [4.78, 5) is 21.5. The summed E-state index contributed by atoms with van der Waals surface area (Å²) in [6.07, 6.45) is 5.69. The molecule has 72 valence electrons. The average molecular weight is 182 g/mol. The van der Waals surface area contributed by atoms with Crippen molar-refractivity contribution in [1.82, 2.24) is 0 Å². The number of rotatable bonds is 6. The first-order valence-electron chi connectivity index (χ1n) is 4.68. The van der Waals surface area contributed by atoms with E-state index in [1.54, 1.807) is 6.08 Å². The van der Waals surface area contributed by atoms with Gasteiger partial charge in [-0.1, -0.05) is 19.8 Å². The molecule has 0 atom stereocenters. The average Bonchev–Trinajstić information content (AvgIpc) is 2.79. The topological polar surface area (TPSA) is 46.7 Å². The zero-order chi connectivity index (χ0) is 9.68. The fraction of sp³-hybridized carbons (Fsp3) is 0.600. The van der Waals surface area contributed by atoms with Gasteiger partial charge in [-0.3, -0.25) is 4.79 Å². The van der Waals surface area contributed by atoms with Crippen LogP contribution in [-0.4, -0.2) is 11.8 Å². The third kappa shape index (κ3) is 3.87. The molecule has 0 aromatic carbocycles. The Morgan fingerprint density at radius 1 is 1.46 bits per heavy atom. The van der Waals surface area contributed by atoms with Crippen molar-refractivity contribution in [3.8, 4) is 0 Å². The van der Waals surface area contributed by atoms with Crippen molar-refractivity contribution in [3.05, 3.63) is 11.8 Å². The minimum absolute atomic E-state index is 0.184. The van der Waals surface area contributed by atoms with Crippen LogP contribution in [0.25, 0.3) is 0 Å². The van der Waals surface area contributed by atoms with Crippen LogP contribution in [-0.2, 0) is 14.3 Å². The van der Waals surface area contributed by atoms with Gasteiger partial charge in [-0.15, -0.1) is 0 Å². The number of cyclic esters (lactones) is 1. The summed E-state index contributed by atoms with van der Waals surface area (Å²) in [6.45, 7) is 2.10. The number of Topliss-reactive ketones (excluding diaryl/α,β-unsaturated/α-hetero) is 1. The molecule has 1 aliphatic heterocycles. The molecule has 0 aliphatic carbocycles. The van der Waals surface area contributed by atoms with Gasteiger partial charge in [0, 0.05) is 12.8 Å². The maximum atomic E-state index is 11.1. The smallest absolute Gasteiger partial charge is 0.379 e. The Hall–Kier alpha value is -1.12.